The van der Waals surface area contributed by atoms with Crippen LogP contribution in [0.4, 0.5) is 22.7 Å². The molecule has 0 aliphatic carbocycles. The molecule has 15 rings (SSSR count). The third-order valence-corrected chi connectivity index (χ3v) is 23.5. The molecule has 35 nitrogen and oxygen atoms in total. The van der Waals surface area contributed by atoms with Gasteiger partial charge in [0.2, 0.25) is 0 Å². The first kappa shape index (κ1) is 95.8. The number of carbonyl (C=O) groups is 8. The number of hydrogen-bond acceptors (Lipinski definition) is 29. The van der Waals surface area contributed by atoms with Gasteiger partial charge in [0.05, 0.1) is 190 Å². The van der Waals surface area contributed by atoms with Crippen LogP contribution in [0.1, 0.15) is 143 Å². The second-order valence-corrected chi connectivity index (χ2v) is 32.2. The number of hydroxylamine groups is 2. The highest BCUT2D eigenvalue weighted by Gasteiger charge is 2.40. The van der Waals surface area contributed by atoms with E-state index in [1.807, 2.05) is 121 Å². The summed E-state index contributed by atoms with van der Waals surface area (Å²) in [6.45, 7) is 14.2. The van der Waals surface area contributed by atoms with Gasteiger partial charge in [0, 0.05) is 88.1 Å². The molecule has 4 atom stereocenters. The summed E-state index contributed by atoms with van der Waals surface area (Å²) in [5.41, 5.74) is 11.6. The van der Waals surface area contributed by atoms with E-state index >= 15 is 0 Å². The van der Waals surface area contributed by atoms with Gasteiger partial charge in [-0.05, 0) is 136 Å². The van der Waals surface area contributed by atoms with Crippen molar-refractivity contribution in [3.63, 3.8) is 0 Å². The predicted octanol–water partition coefficient (Wildman–Crippen LogP) is 12.6. The number of carboxylic acid groups (broad SMARTS) is 1. The lowest BCUT2D eigenvalue weighted by atomic mass is 10.1. The third-order valence-electron chi connectivity index (χ3n) is 23.5. The number of benzene rings is 6. The average Bonchev–Trinajstić information content (AvgIpc) is 1.70. The molecule has 5 saturated heterocycles. The SMILES string of the molecule is C/C=C1\C[C@H]2C=Nc3cc(OCc4cc(COc5cc6c(cc5OC)C(=O)N5C/C(=C/C)C[C@H]5C=N6)cc(OCCOCCOCCOCCC(=O)O)c4)c(OC)cc3C(=O)N2C1.C/C=C1\C[C@H]2C=Nc3cc(OCc4cc(COc5cc6c(cc5OC)C(=O)N5C/C(=C/C)C[C@H]5C=N6)cc(OCCOCCOCCOCCC(=O)ON5C(=O)CCC5=O)c4)c(OC)cc3C(=O)N2C1. The Labute approximate surface area is 770 Å². The summed E-state index contributed by atoms with van der Waals surface area (Å²) in [5, 5.41) is 9.20. The van der Waals surface area contributed by atoms with Crippen LogP contribution < -0.4 is 47.4 Å². The van der Waals surface area contributed by atoms with Gasteiger partial charge in [0.25, 0.3) is 35.4 Å². The number of allylic oxidation sites excluding steroid dienone is 4. The molecule has 0 unspecified atom stereocenters. The maximum Gasteiger partial charge on any atom is 0.335 e. The lowest BCUT2D eigenvalue weighted by molar-refractivity contribution is -0.198. The molecule has 0 saturated carbocycles. The topological polar surface area (TPSA) is 379 Å². The Balaban J connectivity index is 0.000000215. The van der Waals surface area contributed by atoms with E-state index in [2.05, 4.69) is 12.2 Å². The summed E-state index contributed by atoms with van der Waals surface area (Å²) in [5.74, 6) is 1.23. The van der Waals surface area contributed by atoms with E-state index in [1.54, 1.807) is 48.5 Å². The second kappa shape index (κ2) is 46.2. The van der Waals surface area contributed by atoms with Crippen LogP contribution in [-0.2, 0) is 78.9 Å². The van der Waals surface area contributed by atoms with E-state index in [0.717, 1.165) is 47.9 Å². The molecule has 0 aromatic heterocycles. The molecular formula is C98H111N9O26. The van der Waals surface area contributed by atoms with Crippen molar-refractivity contribution in [2.24, 2.45) is 20.0 Å². The van der Waals surface area contributed by atoms with Crippen LogP contribution in [0.5, 0.6) is 57.5 Å². The quantitative estimate of drug-likeness (QED) is 0.0211. The van der Waals surface area contributed by atoms with Crippen molar-refractivity contribution in [1.29, 1.82) is 0 Å². The van der Waals surface area contributed by atoms with Gasteiger partial charge in [-0.15, -0.1) is 5.06 Å². The monoisotopic (exact) mass is 1830 g/mol. The molecule has 6 amide bonds. The average molecular weight is 1830 g/mol. The fourth-order valence-electron chi connectivity index (χ4n) is 16.3. The van der Waals surface area contributed by atoms with Crippen molar-refractivity contribution in [2.75, 3.05) is 147 Å². The van der Waals surface area contributed by atoms with E-state index in [4.69, 9.17) is 106 Å². The lowest BCUT2D eigenvalue weighted by Gasteiger charge is -2.20. The molecule has 6 aromatic rings. The minimum absolute atomic E-state index is 0.0295. The third kappa shape index (κ3) is 24.3. The summed E-state index contributed by atoms with van der Waals surface area (Å²) in [4.78, 5) is 131. The largest absolute Gasteiger partial charge is 0.493 e. The minimum atomic E-state index is -0.906. The van der Waals surface area contributed by atoms with Gasteiger partial charge in [-0.1, -0.05) is 46.6 Å². The van der Waals surface area contributed by atoms with Gasteiger partial charge in [-0.3, -0.25) is 53.5 Å². The molecule has 0 radical (unpaired) electrons. The summed E-state index contributed by atoms with van der Waals surface area (Å²) in [6.07, 6.45) is 18.4. The molecule has 9 aliphatic heterocycles. The fraction of sp³-hybridized carbons (Fsp3) is 0.429. The van der Waals surface area contributed by atoms with E-state index in [0.29, 0.717) is 180 Å². The number of ether oxygens (including phenoxy) is 16. The highest BCUT2D eigenvalue weighted by molar-refractivity contribution is 6.07. The van der Waals surface area contributed by atoms with E-state index in [9.17, 15) is 38.4 Å². The normalized spacial score (nSPS) is 19.1. The smallest absolute Gasteiger partial charge is 0.335 e. The number of methoxy groups -OCH3 is 4. The summed E-state index contributed by atoms with van der Waals surface area (Å²) in [7, 11) is 6.13. The number of carbonyl (C=O) groups excluding carboxylic acids is 7. The lowest BCUT2D eigenvalue weighted by Crippen LogP contribution is -2.35. The first-order chi connectivity index (χ1) is 64.7. The molecule has 704 valence electrons. The zero-order valence-corrected chi connectivity index (χ0v) is 75.9. The molecule has 1 N–H and O–H groups in total. The number of carboxylic acids is 1. The van der Waals surface area contributed by atoms with Crippen molar-refractivity contribution in [3.05, 3.63) is 176 Å². The Morgan fingerprint density at radius 3 is 0.865 bits per heavy atom. The Hall–Kier alpha value is -13.3. The molecule has 0 spiro atoms. The number of aliphatic carboxylic acids is 1. The fourth-order valence-corrected chi connectivity index (χ4v) is 16.3. The number of imide groups is 1. The van der Waals surface area contributed by atoms with Gasteiger partial charge >= 0.3 is 11.9 Å². The van der Waals surface area contributed by atoms with Crippen molar-refractivity contribution >= 4 is 95.0 Å². The zero-order valence-electron chi connectivity index (χ0n) is 75.9. The molecule has 9 heterocycles. The molecule has 5 fully saturated rings. The molecule has 6 aromatic carbocycles. The maximum atomic E-state index is 13.7. The van der Waals surface area contributed by atoms with Crippen molar-refractivity contribution in [2.45, 2.75) is 130 Å². The summed E-state index contributed by atoms with van der Waals surface area (Å²) >= 11 is 0. The van der Waals surface area contributed by atoms with Gasteiger partial charge < -0.3 is 105 Å². The van der Waals surface area contributed by atoms with Crippen molar-refractivity contribution in [3.8, 4) is 57.5 Å². The molecular weight excluding hydrogens is 1720 g/mol. The second-order valence-electron chi connectivity index (χ2n) is 32.2. The summed E-state index contributed by atoms with van der Waals surface area (Å²) < 4.78 is 93.8. The number of hydrogen-bond donors (Lipinski definition) is 1. The van der Waals surface area contributed by atoms with Crippen LogP contribution in [0, 0.1) is 0 Å². The van der Waals surface area contributed by atoms with E-state index < -0.39 is 23.8 Å². The van der Waals surface area contributed by atoms with E-state index in [1.165, 1.54) is 50.7 Å². The maximum absolute atomic E-state index is 13.7. The number of fused-ring (bicyclic) bond motifs is 8. The molecule has 133 heavy (non-hydrogen) atoms. The minimum Gasteiger partial charge on any atom is -0.493 e. The number of aliphatic imine (C=N–C) groups is 4. The van der Waals surface area contributed by atoms with Crippen LogP contribution >= 0.6 is 0 Å². The highest BCUT2D eigenvalue weighted by atomic mass is 16.7. The van der Waals surface area contributed by atoms with E-state index in [-0.39, 0.29) is 146 Å². The van der Waals surface area contributed by atoms with Crippen LogP contribution in [0.15, 0.2) is 151 Å². The Morgan fingerprint density at radius 2 is 0.602 bits per heavy atom. The number of nitrogens with zero attached hydrogens (tertiary/aromatic N) is 9. The first-order valence-corrected chi connectivity index (χ1v) is 44.4. The molecule has 9 aliphatic rings. The molecule has 35 heteroatoms. The van der Waals surface area contributed by atoms with Crippen LogP contribution in [-0.4, -0.2) is 273 Å². The van der Waals surface area contributed by atoms with Gasteiger partial charge in [0.15, 0.2) is 46.0 Å². The van der Waals surface area contributed by atoms with Gasteiger partial charge in [-0.2, -0.15) is 0 Å². The highest BCUT2D eigenvalue weighted by Crippen LogP contribution is 2.45. The van der Waals surface area contributed by atoms with Crippen LogP contribution in [0.25, 0.3) is 0 Å². The standard InChI is InChI=1S/C51H57N5O14.C47H54N4O12/c1-5-32-18-36-26-52-41-24-45(43(62-3)22-39(41)50(60)54(36)28-32)68-30-34-17-35(31-69-46-25-42-40(23-44(46)63-4)51(61)55-29-33(6-2)19-37(55)27-53-42)21-38(20-34)67-16-15-66-14-13-65-12-11-64-10-9-49(59)70-56-47(57)7-8-48(56)58;1-5-30-16-34-24-48-39-22-43(41(56-3)20-37(39)46(54)50(34)26-30)62-28-32-15-33(19-36(18-32)61-14-13-60-12-11-59-10-9-58-8-7-45(52)53)29-63-44-23-40-38(21-42(44)57-4)47(55)51-27-31(6-2)17-35(51)25-49-40/h5-6,17,20-27,36-37H,7-16,18-19,28-31H2,1-4H3;5-6,15,18-25,34-35H,7-14,16-17,26-29H2,1-4H3,(H,52,53)/b32-5+,33-6+;30-5+,31-6+/t36-,37-;34-,35-/m00/s1. The summed E-state index contributed by atoms with van der Waals surface area (Å²) in [6, 6.07) is 24.6. The van der Waals surface area contributed by atoms with Crippen LogP contribution in [0.2, 0.25) is 0 Å². The first-order valence-electron chi connectivity index (χ1n) is 44.4. The van der Waals surface area contributed by atoms with Gasteiger partial charge in [0.1, 0.15) is 51.1 Å². The van der Waals surface area contributed by atoms with Crippen molar-refractivity contribution < 1.29 is 124 Å². The Kier molecular flexibility index (Phi) is 33.2. The predicted molar refractivity (Wildman–Crippen MR) is 488 cm³/mol. The Morgan fingerprint density at radius 1 is 0.338 bits per heavy atom. The van der Waals surface area contributed by atoms with Gasteiger partial charge in [-0.25, -0.2) is 4.79 Å². The zero-order chi connectivity index (χ0) is 93.4. The van der Waals surface area contributed by atoms with Crippen LogP contribution in [0.3, 0.4) is 0 Å². The van der Waals surface area contributed by atoms with Crippen molar-refractivity contribution in [1.82, 2.24) is 24.7 Å². The molecule has 0 bridgehead atoms. The number of amides is 6. The number of rotatable bonds is 43. The Bertz CT molecular complexity index is 5280.